The molecule has 0 bridgehead atoms. The molecule has 5 N–H and O–H groups in total. The highest BCUT2D eigenvalue weighted by Crippen LogP contribution is 2.50. The van der Waals surface area contributed by atoms with Gasteiger partial charge in [0, 0.05) is 5.92 Å². The fourth-order valence-electron chi connectivity index (χ4n) is 3.01. The lowest BCUT2D eigenvalue weighted by Crippen LogP contribution is -2.46. The Morgan fingerprint density at radius 2 is 2.11 bits per heavy atom. The summed E-state index contributed by atoms with van der Waals surface area (Å²) in [4.78, 5) is 24.2. The molecule has 1 saturated heterocycles. The summed E-state index contributed by atoms with van der Waals surface area (Å²) >= 11 is 0. The van der Waals surface area contributed by atoms with Crippen LogP contribution in [0.15, 0.2) is 11.4 Å². The zero-order valence-corrected chi connectivity index (χ0v) is 10.1. The van der Waals surface area contributed by atoms with Crippen LogP contribution in [-0.2, 0) is 9.59 Å². The van der Waals surface area contributed by atoms with Crippen LogP contribution in [0.2, 0.25) is 0 Å². The second-order valence-electron chi connectivity index (χ2n) is 4.73. The Morgan fingerprint density at radius 1 is 1.50 bits per heavy atom. The summed E-state index contributed by atoms with van der Waals surface area (Å²) in [6.07, 6.45) is 0.345. The summed E-state index contributed by atoms with van der Waals surface area (Å²) < 4.78 is 0. The van der Waals surface area contributed by atoms with E-state index in [-0.39, 0.29) is 11.4 Å². The molecule has 1 fully saturated rings. The Labute approximate surface area is 104 Å². The molecule has 0 unspecified atom stereocenters. The molecule has 0 aromatic carbocycles. The van der Waals surface area contributed by atoms with Crippen molar-refractivity contribution >= 4 is 11.8 Å². The summed E-state index contributed by atoms with van der Waals surface area (Å²) in [5.74, 6) is -2.20. The van der Waals surface area contributed by atoms with Gasteiger partial charge >= 0.3 is 0 Å². The second-order valence-corrected chi connectivity index (χ2v) is 4.73. The molecule has 7 nitrogen and oxygen atoms in total. The Hall–Kier alpha value is -2.07. The van der Waals surface area contributed by atoms with E-state index in [1.54, 1.807) is 6.92 Å². The van der Waals surface area contributed by atoms with Crippen molar-refractivity contribution in [3.63, 3.8) is 0 Å². The van der Waals surface area contributed by atoms with Crippen LogP contribution in [-0.4, -0.2) is 22.6 Å². The van der Waals surface area contributed by atoms with E-state index in [0.29, 0.717) is 6.42 Å². The molecule has 1 spiro atoms. The number of carbonyl (C=O) groups excluding carboxylic acids is 2. The SMILES string of the molecule is CC[C@H]1[C@@]2(C(=O)NC(N)=C2C#N)C(=O)N[C@@]1(C)O. The van der Waals surface area contributed by atoms with Gasteiger partial charge in [0.15, 0.2) is 5.41 Å². The first-order valence-corrected chi connectivity index (χ1v) is 5.59. The first-order valence-electron chi connectivity index (χ1n) is 5.59. The molecule has 3 atom stereocenters. The molecular weight excluding hydrogens is 236 g/mol. The van der Waals surface area contributed by atoms with Gasteiger partial charge in [-0.1, -0.05) is 6.92 Å². The van der Waals surface area contributed by atoms with E-state index in [9.17, 15) is 14.7 Å². The molecule has 0 radical (unpaired) electrons. The van der Waals surface area contributed by atoms with Gasteiger partial charge in [0.2, 0.25) is 11.8 Å². The van der Waals surface area contributed by atoms with Crippen LogP contribution in [0.5, 0.6) is 0 Å². The van der Waals surface area contributed by atoms with Crippen LogP contribution < -0.4 is 16.4 Å². The topological polar surface area (TPSA) is 128 Å². The number of aliphatic hydroxyl groups is 1. The number of nitrogens with one attached hydrogen (secondary N) is 2. The lowest BCUT2D eigenvalue weighted by atomic mass is 9.68. The molecule has 18 heavy (non-hydrogen) atoms. The van der Waals surface area contributed by atoms with Crippen LogP contribution in [0.1, 0.15) is 20.3 Å². The number of nitrogens with two attached hydrogens (primary N) is 1. The van der Waals surface area contributed by atoms with Crippen molar-refractivity contribution in [2.75, 3.05) is 0 Å². The van der Waals surface area contributed by atoms with Gasteiger partial charge in [0.1, 0.15) is 17.6 Å². The Morgan fingerprint density at radius 3 is 2.61 bits per heavy atom. The van der Waals surface area contributed by atoms with Crippen LogP contribution in [0.3, 0.4) is 0 Å². The Balaban J connectivity index is 2.70. The van der Waals surface area contributed by atoms with Crippen molar-refractivity contribution < 1.29 is 14.7 Å². The third-order valence-electron chi connectivity index (χ3n) is 3.72. The van der Waals surface area contributed by atoms with Gasteiger partial charge in [-0.25, -0.2) is 0 Å². The van der Waals surface area contributed by atoms with Gasteiger partial charge in [0.25, 0.3) is 0 Å². The average Bonchev–Trinajstić information content (AvgIpc) is 2.61. The normalized spacial score (nSPS) is 38.9. The van der Waals surface area contributed by atoms with Gasteiger partial charge < -0.3 is 21.5 Å². The van der Waals surface area contributed by atoms with Crippen molar-refractivity contribution in [1.29, 1.82) is 5.26 Å². The molecular formula is C11H14N4O3. The number of hydrogen-bond acceptors (Lipinski definition) is 5. The first kappa shape index (κ1) is 12.4. The highest BCUT2D eigenvalue weighted by Gasteiger charge is 2.68. The molecule has 2 aliphatic rings. The predicted molar refractivity (Wildman–Crippen MR) is 59.9 cm³/mol. The van der Waals surface area contributed by atoms with Gasteiger partial charge in [-0.05, 0) is 13.3 Å². The maximum Gasteiger partial charge on any atom is 0.247 e. The van der Waals surface area contributed by atoms with E-state index < -0.39 is 28.9 Å². The fourth-order valence-corrected chi connectivity index (χ4v) is 3.01. The van der Waals surface area contributed by atoms with Crippen LogP contribution in [0.4, 0.5) is 0 Å². The molecule has 0 aromatic heterocycles. The number of rotatable bonds is 1. The molecule has 0 aromatic rings. The summed E-state index contributed by atoms with van der Waals surface area (Å²) in [5.41, 5.74) is 2.19. The number of nitrogens with zero attached hydrogens (tertiary/aromatic N) is 1. The van der Waals surface area contributed by atoms with E-state index in [0.717, 1.165) is 0 Å². The van der Waals surface area contributed by atoms with E-state index in [1.807, 2.05) is 6.07 Å². The van der Waals surface area contributed by atoms with E-state index in [4.69, 9.17) is 11.0 Å². The Bertz CT molecular complexity index is 517. The second kappa shape index (κ2) is 3.46. The predicted octanol–water partition coefficient (Wildman–Crippen LogP) is -1.34. The van der Waals surface area contributed by atoms with Crippen LogP contribution in [0, 0.1) is 22.7 Å². The van der Waals surface area contributed by atoms with Crippen molar-refractivity contribution in [2.45, 2.75) is 26.0 Å². The third kappa shape index (κ3) is 1.15. The van der Waals surface area contributed by atoms with Gasteiger partial charge in [-0.15, -0.1) is 0 Å². The minimum Gasteiger partial charge on any atom is -0.384 e. The molecule has 2 amide bonds. The maximum absolute atomic E-state index is 12.1. The molecule has 2 aliphatic heterocycles. The molecule has 2 heterocycles. The van der Waals surface area contributed by atoms with Gasteiger partial charge in [0.05, 0.1) is 5.57 Å². The number of hydrogen-bond donors (Lipinski definition) is 4. The molecule has 7 heteroatoms. The fraction of sp³-hybridized carbons (Fsp3) is 0.545. The van der Waals surface area contributed by atoms with Crippen LogP contribution in [0.25, 0.3) is 0 Å². The van der Waals surface area contributed by atoms with E-state index in [1.165, 1.54) is 6.92 Å². The van der Waals surface area contributed by atoms with Crippen molar-refractivity contribution in [3.05, 3.63) is 11.4 Å². The zero-order chi connectivity index (χ0) is 13.7. The quantitative estimate of drug-likeness (QED) is 0.428. The third-order valence-corrected chi connectivity index (χ3v) is 3.72. The number of nitriles is 1. The van der Waals surface area contributed by atoms with Crippen LogP contribution >= 0.6 is 0 Å². The standard InChI is InChI=1S/C11H14N4O3/c1-3-6-10(2,18)15-9(17)11(6)5(4-12)7(13)14-8(11)16/h6,18H,3,13H2,1-2H3,(H,14,16)(H,15,17)/t6-,10+,11+/m1/s1. The summed E-state index contributed by atoms with van der Waals surface area (Å²) in [6.45, 7) is 3.14. The first-order chi connectivity index (χ1) is 8.32. The smallest absolute Gasteiger partial charge is 0.247 e. The average molecular weight is 250 g/mol. The van der Waals surface area contributed by atoms with Gasteiger partial charge in [-0.3, -0.25) is 9.59 Å². The van der Waals surface area contributed by atoms with Crippen molar-refractivity contribution in [1.82, 2.24) is 10.6 Å². The summed E-state index contributed by atoms with van der Waals surface area (Å²) in [7, 11) is 0. The zero-order valence-electron chi connectivity index (χ0n) is 10.1. The van der Waals surface area contributed by atoms with E-state index in [2.05, 4.69) is 10.6 Å². The molecule has 0 saturated carbocycles. The largest absolute Gasteiger partial charge is 0.384 e. The molecule has 96 valence electrons. The van der Waals surface area contributed by atoms with Crippen molar-refractivity contribution in [2.24, 2.45) is 17.1 Å². The van der Waals surface area contributed by atoms with E-state index >= 15 is 0 Å². The highest BCUT2D eigenvalue weighted by molar-refractivity contribution is 6.13. The summed E-state index contributed by atoms with van der Waals surface area (Å²) in [6, 6.07) is 1.81. The highest BCUT2D eigenvalue weighted by atomic mass is 16.3. The maximum atomic E-state index is 12.1. The van der Waals surface area contributed by atoms with Crippen molar-refractivity contribution in [3.8, 4) is 6.07 Å². The minimum absolute atomic E-state index is 0.116. The number of carbonyl (C=O) groups is 2. The molecule has 0 aliphatic carbocycles. The Kier molecular flexibility index (Phi) is 2.38. The van der Waals surface area contributed by atoms with Gasteiger partial charge in [-0.2, -0.15) is 5.26 Å². The lowest BCUT2D eigenvalue weighted by molar-refractivity contribution is -0.138. The lowest BCUT2D eigenvalue weighted by Gasteiger charge is -2.30. The summed E-state index contributed by atoms with van der Waals surface area (Å²) in [5, 5.41) is 24.0. The minimum atomic E-state index is -1.71. The molecule has 2 rings (SSSR count). The monoisotopic (exact) mass is 250 g/mol. The number of amides is 2.